The summed E-state index contributed by atoms with van der Waals surface area (Å²) in [6.07, 6.45) is 9.44. The van der Waals surface area contributed by atoms with Gasteiger partial charge in [-0.25, -0.2) is 4.99 Å². The number of nitrogens with zero attached hydrogens (tertiary/aromatic N) is 4. The molecule has 1 amide bonds. The van der Waals surface area contributed by atoms with E-state index in [9.17, 15) is 4.79 Å². The number of ether oxygens (including phenoxy) is 1. The Labute approximate surface area is 161 Å². The smallest absolute Gasteiger partial charge is 0.241 e. The molecular weight excluding hydrogens is 344 g/mol. The summed E-state index contributed by atoms with van der Waals surface area (Å²) in [5.41, 5.74) is 0.944. The van der Waals surface area contributed by atoms with Gasteiger partial charge in [0, 0.05) is 33.4 Å². The molecule has 2 fully saturated rings. The molecule has 1 saturated carbocycles. The number of hydrogen-bond acceptors (Lipinski definition) is 4. The third-order valence-corrected chi connectivity index (χ3v) is 5.19. The van der Waals surface area contributed by atoms with Gasteiger partial charge in [0.15, 0.2) is 5.96 Å². The number of carbonyl (C=O) groups is 1. The van der Waals surface area contributed by atoms with E-state index in [0.717, 1.165) is 25.1 Å². The fraction of sp³-hybridized carbons (Fsp3) is 0.737. The second kappa shape index (κ2) is 9.73. The van der Waals surface area contributed by atoms with Gasteiger partial charge in [0.05, 0.1) is 30.9 Å². The van der Waals surface area contributed by atoms with Crippen LogP contribution in [0.25, 0.3) is 0 Å². The van der Waals surface area contributed by atoms with Crippen molar-refractivity contribution < 1.29 is 9.53 Å². The number of aliphatic imine (C=N–C) groups is 1. The van der Waals surface area contributed by atoms with Crippen LogP contribution >= 0.6 is 0 Å². The number of hydrogen-bond donors (Lipinski definition) is 2. The van der Waals surface area contributed by atoms with Crippen molar-refractivity contribution in [2.75, 3.05) is 33.8 Å². The lowest BCUT2D eigenvalue weighted by atomic mass is 10.2. The Morgan fingerprint density at radius 1 is 1.30 bits per heavy atom. The van der Waals surface area contributed by atoms with Gasteiger partial charge in [-0.15, -0.1) is 0 Å². The number of aromatic nitrogens is 2. The molecule has 2 aliphatic rings. The van der Waals surface area contributed by atoms with E-state index in [1.54, 1.807) is 19.0 Å². The van der Waals surface area contributed by atoms with E-state index in [2.05, 4.69) is 31.6 Å². The highest BCUT2D eigenvalue weighted by Crippen LogP contribution is 2.28. The van der Waals surface area contributed by atoms with Gasteiger partial charge in [-0.3, -0.25) is 9.48 Å². The molecule has 0 radical (unpaired) electrons. The summed E-state index contributed by atoms with van der Waals surface area (Å²) in [7, 11) is 3.49. The van der Waals surface area contributed by atoms with Gasteiger partial charge in [-0.1, -0.05) is 12.8 Å². The van der Waals surface area contributed by atoms with Crippen molar-refractivity contribution in [2.45, 2.75) is 57.2 Å². The minimum atomic E-state index is 0.00660. The molecule has 2 N–H and O–H groups in total. The summed E-state index contributed by atoms with van der Waals surface area (Å²) in [5.74, 6) is 0.628. The summed E-state index contributed by atoms with van der Waals surface area (Å²) in [4.78, 5) is 18.1. The first-order valence-corrected chi connectivity index (χ1v) is 10.00. The Hall–Kier alpha value is -2.09. The van der Waals surface area contributed by atoms with Crippen LogP contribution in [0, 0.1) is 0 Å². The van der Waals surface area contributed by atoms with Crippen LogP contribution in [-0.2, 0) is 16.1 Å². The Bertz CT molecular complexity index is 630. The molecule has 27 heavy (non-hydrogen) atoms. The fourth-order valence-corrected chi connectivity index (χ4v) is 3.50. The van der Waals surface area contributed by atoms with Crippen molar-refractivity contribution in [3.8, 4) is 0 Å². The van der Waals surface area contributed by atoms with Crippen LogP contribution in [0.5, 0.6) is 0 Å². The third-order valence-electron chi connectivity index (χ3n) is 5.19. The SMILES string of the molecule is CN(C)C(=O)CNC(=NCc1ccn(C2CCCC2)n1)NCC1CCCO1. The van der Waals surface area contributed by atoms with Crippen molar-refractivity contribution in [3.63, 3.8) is 0 Å². The van der Waals surface area contributed by atoms with Crippen molar-refractivity contribution >= 4 is 11.9 Å². The lowest BCUT2D eigenvalue weighted by molar-refractivity contribution is -0.127. The number of amides is 1. The molecule has 1 saturated heterocycles. The van der Waals surface area contributed by atoms with E-state index in [-0.39, 0.29) is 18.6 Å². The van der Waals surface area contributed by atoms with Crippen molar-refractivity contribution in [3.05, 3.63) is 18.0 Å². The van der Waals surface area contributed by atoms with Gasteiger partial charge < -0.3 is 20.3 Å². The van der Waals surface area contributed by atoms with E-state index >= 15 is 0 Å². The van der Waals surface area contributed by atoms with Crippen LogP contribution in [0.4, 0.5) is 0 Å². The first-order valence-electron chi connectivity index (χ1n) is 10.00. The lowest BCUT2D eigenvalue weighted by Crippen LogP contribution is -2.45. The number of rotatable bonds is 7. The maximum atomic E-state index is 11.9. The lowest BCUT2D eigenvalue weighted by Gasteiger charge is -2.16. The second-order valence-corrected chi connectivity index (χ2v) is 7.55. The zero-order chi connectivity index (χ0) is 19.1. The highest BCUT2D eigenvalue weighted by atomic mass is 16.5. The van der Waals surface area contributed by atoms with Gasteiger partial charge >= 0.3 is 0 Å². The maximum Gasteiger partial charge on any atom is 0.241 e. The largest absolute Gasteiger partial charge is 0.376 e. The summed E-state index contributed by atoms with van der Waals surface area (Å²) in [5, 5.41) is 11.1. The minimum Gasteiger partial charge on any atom is -0.376 e. The number of nitrogens with one attached hydrogen (secondary N) is 2. The van der Waals surface area contributed by atoms with Gasteiger partial charge in [0.2, 0.25) is 5.91 Å². The molecule has 1 atom stereocenters. The standard InChI is InChI=1S/C19H32N6O2/c1-24(2)18(26)14-22-19(21-13-17-8-5-11-27-17)20-12-15-9-10-25(23-15)16-6-3-4-7-16/h9-10,16-17H,3-8,11-14H2,1-2H3,(H2,20,21,22). The average Bonchev–Trinajstić information content (AvgIpc) is 3.41. The Morgan fingerprint density at radius 2 is 2.11 bits per heavy atom. The van der Waals surface area contributed by atoms with Gasteiger partial charge in [-0.05, 0) is 31.7 Å². The highest BCUT2D eigenvalue weighted by molar-refractivity contribution is 5.86. The number of likely N-dealkylation sites (N-methyl/N-ethyl adjacent to an activating group) is 1. The van der Waals surface area contributed by atoms with Gasteiger partial charge in [0.1, 0.15) is 0 Å². The number of guanidine groups is 1. The molecule has 2 heterocycles. The van der Waals surface area contributed by atoms with Crippen LogP contribution in [0.2, 0.25) is 0 Å². The minimum absolute atomic E-state index is 0.00660. The topological polar surface area (TPSA) is 83.8 Å². The molecule has 0 spiro atoms. The zero-order valence-electron chi connectivity index (χ0n) is 16.5. The average molecular weight is 377 g/mol. The Kier molecular flexibility index (Phi) is 7.09. The summed E-state index contributed by atoms with van der Waals surface area (Å²) in [6, 6.07) is 2.57. The monoisotopic (exact) mass is 376 g/mol. The molecule has 0 bridgehead atoms. The first-order chi connectivity index (χ1) is 13.1. The molecule has 8 heteroatoms. The Balaban J connectivity index is 1.56. The zero-order valence-corrected chi connectivity index (χ0v) is 16.5. The van der Waals surface area contributed by atoms with E-state index in [4.69, 9.17) is 4.74 Å². The van der Waals surface area contributed by atoms with E-state index < -0.39 is 0 Å². The summed E-state index contributed by atoms with van der Waals surface area (Å²) < 4.78 is 7.74. The normalized spacial score (nSPS) is 20.8. The molecular formula is C19H32N6O2. The maximum absolute atomic E-state index is 11.9. The molecule has 8 nitrogen and oxygen atoms in total. The molecule has 150 valence electrons. The quantitative estimate of drug-likeness (QED) is 0.554. The van der Waals surface area contributed by atoms with Crippen LogP contribution in [0.1, 0.15) is 50.3 Å². The second-order valence-electron chi connectivity index (χ2n) is 7.55. The molecule has 1 aliphatic carbocycles. The van der Waals surface area contributed by atoms with E-state index in [1.165, 1.54) is 25.7 Å². The van der Waals surface area contributed by atoms with Crippen molar-refractivity contribution in [1.29, 1.82) is 0 Å². The van der Waals surface area contributed by atoms with Crippen molar-refractivity contribution in [2.24, 2.45) is 4.99 Å². The van der Waals surface area contributed by atoms with Crippen LogP contribution in [0.3, 0.4) is 0 Å². The molecule has 0 aromatic carbocycles. The summed E-state index contributed by atoms with van der Waals surface area (Å²) in [6.45, 7) is 2.21. The van der Waals surface area contributed by atoms with Crippen LogP contribution in [0.15, 0.2) is 17.3 Å². The van der Waals surface area contributed by atoms with E-state index in [1.807, 2.05) is 6.07 Å². The van der Waals surface area contributed by atoms with Crippen molar-refractivity contribution in [1.82, 2.24) is 25.3 Å². The molecule has 3 rings (SSSR count). The predicted molar refractivity (Wildman–Crippen MR) is 105 cm³/mol. The number of carbonyl (C=O) groups excluding carboxylic acids is 1. The third kappa shape index (κ3) is 5.95. The molecule has 1 unspecified atom stereocenters. The first kappa shape index (κ1) is 19.7. The molecule has 1 aromatic heterocycles. The fourth-order valence-electron chi connectivity index (χ4n) is 3.50. The van der Waals surface area contributed by atoms with Gasteiger partial charge in [0.25, 0.3) is 0 Å². The van der Waals surface area contributed by atoms with Crippen LogP contribution in [-0.4, -0.2) is 66.4 Å². The van der Waals surface area contributed by atoms with E-state index in [0.29, 0.717) is 25.1 Å². The molecule has 1 aliphatic heterocycles. The predicted octanol–water partition coefficient (Wildman–Crippen LogP) is 1.30. The highest BCUT2D eigenvalue weighted by Gasteiger charge is 2.18. The summed E-state index contributed by atoms with van der Waals surface area (Å²) >= 11 is 0. The molecule has 1 aromatic rings. The van der Waals surface area contributed by atoms with Crippen LogP contribution < -0.4 is 10.6 Å². The van der Waals surface area contributed by atoms with Gasteiger partial charge in [-0.2, -0.15) is 5.10 Å². The Morgan fingerprint density at radius 3 is 2.81 bits per heavy atom.